The normalized spacial score (nSPS) is 14.2. The summed E-state index contributed by atoms with van der Waals surface area (Å²) in [5, 5.41) is 5.20. The van der Waals surface area contributed by atoms with Gasteiger partial charge in [0.15, 0.2) is 0 Å². The lowest BCUT2D eigenvalue weighted by molar-refractivity contribution is 0.0964. The van der Waals surface area contributed by atoms with Crippen LogP contribution in [0.15, 0.2) is 48.6 Å². The first-order valence-corrected chi connectivity index (χ1v) is 6.24. The average molecular weight is 277 g/mol. The van der Waals surface area contributed by atoms with E-state index in [4.69, 9.17) is 11.6 Å². The third kappa shape index (κ3) is 3.69. The first-order valence-electron chi connectivity index (χ1n) is 5.86. The number of imide groups is 1. The fourth-order valence-electron chi connectivity index (χ4n) is 1.69. The standard InChI is InChI=1S/C14H13ClN2O2/c15-12-9-5-4-8-11(12)13(18)17-14(19)16-10-6-2-1-3-7-10/h2-10H,1H2,(H2,16,17,18,19). The number of nitrogens with one attached hydrogen (secondary N) is 2. The summed E-state index contributed by atoms with van der Waals surface area (Å²) in [4.78, 5) is 23.5. The Kier molecular flexibility index (Phi) is 4.36. The molecule has 0 bridgehead atoms. The van der Waals surface area contributed by atoms with Gasteiger partial charge in [0.1, 0.15) is 0 Å². The maximum Gasteiger partial charge on any atom is 0.322 e. The zero-order valence-electron chi connectivity index (χ0n) is 10.1. The van der Waals surface area contributed by atoms with Gasteiger partial charge in [-0.1, -0.05) is 48.0 Å². The number of amides is 3. The van der Waals surface area contributed by atoms with E-state index in [0.717, 1.165) is 6.42 Å². The van der Waals surface area contributed by atoms with E-state index >= 15 is 0 Å². The van der Waals surface area contributed by atoms with Crippen LogP contribution in [0.25, 0.3) is 0 Å². The Labute approximate surface area is 116 Å². The predicted molar refractivity (Wildman–Crippen MR) is 74.1 cm³/mol. The minimum Gasteiger partial charge on any atom is -0.328 e. The molecule has 2 N–H and O–H groups in total. The summed E-state index contributed by atoms with van der Waals surface area (Å²) in [6.07, 6.45) is 8.47. The Morgan fingerprint density at radius 3 is 2.53 bits per heavy atom. The summed E-state index contributed by atoms with van der Waals surface area (Å²) < 4.78 is 0. The summed E-state index contributed by atoms with van der Waals surface area (Å²) in [5.41, 5.74) is 0.272. The molecule has 0 radical (unpaired) electrons. The first kappa shape index (κ1) is 13.4. The Morgan fingerprint density at radius 2 is 1.84 bits per heavy atom. The highest BCUT2D eigenvalue weighted by molar-refractivity contribution is 6.34. The number of urea groups is 1. The van der Waals surface area contributed by atoms with Gasteiger partial charge >= 0.3 is 6.03 Å². The fraction of sp³-hybridized carbons (Fsp3) is 0.143. The highest BCUT2D eigenvalue weighted by atomic mass is 35.5. The Hall–Kier alpha value is -2.07. The number of carbonyl (C=O) groups excluding carboxylic acids is 2. The van der Waals surface area contributed by atoms with Gasteiger partial charge in [-0.05, 0) is 18.6 Å². The maximum atomic E-state index is 11.8. The van der Waals surface area contributed by atoms with E-state index < -0.39 is 11.9 Å². The van der Waals surface area contributed by atoms with Crippen molar-refractivity contribution < 1.29 is 9.59 Å². The number of rotatable bonds is 2. The lowest BCUT2D eigenvalue weighted by atomic mass is 10.1. The molecule has 1 aromatic carbocycles. The topological polar surface area (TPSA) is 58.2 Å². The lowest BCUT2D eigenvalue weighted by Crippen LogP contribution is -2.43. The Morgan fingerprint density at radius 1 is 1.16 bits per heavy atom. The number of hydrogen-bond donors (Lipinski definition) is 2. The van der Waals surface area contributed by atoms with E-state index in [2.05, 4.69) is 10.6 Å². The molecule has 0 spiro atoms. The highest BCUT2D eigenvalue weighted by Gasteiger charge is 2.14. The van der Waals surface area contributed by atoms with Crippen molar-refractivity contribution in [2.45, 2.75) is 12.5 Å². The molecule has 0 aliphatic heterocycles. The molecular formula is C14H13ClN2O2. The SMILES string of the molecule is O=C(NC(=O)c1ccccc1Cl)NC1C=CCC=C1. The summed E-state index contributed by atoms with van der Waals surface area (Å²) in [5.74, 6) is -0.521. The zero-order valence-corrected chi connectivity index (χ0v) is 10.9. The van der Waals surface area contributed by atoms with Gasteiger partial charge in [-0.2, -0.15) is 0 Å². The van der Waals surface area contributed by atoms with E-state index in [-0.39, 0.29) is 11.6 Å². The van der Waals surface area contributed by atoms with Crippen molar-refractivity contribution in [1.29, 1.82) is 0 Å². The van der Waals surface area contributed by atoms with Crippen LogP contribution in [0.2, 0.25) is 5.02 Å². The van der Waals surface area contributed by atoms with Gasteiger partial charge in [0.2, 0.25) is 0 Å². The molecule has 0 atom stereocenters. The second kappa shape index (κ2) is 6.20. The number of carbonyl (C=O) groups is 2. The lowest BCUT2D eigenvalue weighted by Gasteiger charge is -2.13. The molecule has 0 fully saturated rings. The van der Waals surface area contributed by atoms with Gasteiger partial charge in [-0.15, -0.1) is 0 Å². The van der Waals surface area contributed by atoms with E-state index in [1.165, 1.54) is 0 Å². The van der Waals surface area contributed by atoms with E-state index in [0.29, 0.717) is 5.02 Å². The number of allylic oxidation sites excluding steroid dienone is 2. The van der Waals surface area contributed by atoms with Gasteiger partial charge in [-0.3, -0.25) is 10.1 Å². The van der Waals surface area contributed by atoms with Crippen LogP contribution in [0.3, 0.4) is 0 Å². The highest BCUT2D eigenvalue weighted by Crippen LogP contribution is 2.14. The molecule has 3 amide bonds. The average Bonchev–Trinajstić information content (AvgIpc) is 2.40. The third-order valence-electron chi connectivity index (χ3n) is 2.60. The van der Waals surface area contributed by atoms with Gasteiger partial charge in [-0.25, -0.2) is 4.79 Å². The second-order valence-electron chi connectivity index (χ2n) is 4.03. The van der Waals surface area contributed by atoms with Crippen LogP contribution >= 0.6 is 11.6 Å². The molecule has 19 heavy (non-hydrogen) atoms. The van der Waals surface area contributed by atoms with Crippen LogP contribution in [-0.4, -0.2) is 18.0 Å². The smallest absolute Gasteiger partial charge is 0.322 e. The van der Waals surface area contributed by atoms with Crippen molar-refractivity contribution in [3.05, 3.63) is 59.2 Å². The molecule has 0 heterocycles. The molecule has 0 unspecified atom stereocenters. The van der Waals surface area contributed by atoms with Gasteiger partial charge in [0.25, 0.3) is 5.91 Å². The van der Waals surface area contributed by atoms with Crippen LogP contribution in [-0.2, 0) is 0 Å². The van der Waals surface area contributed by atoms with Crippen molar-refractivity contribution in [2.24, 2.45) is 0 Å². The quantitative estimate of drug-likeness (QED) is 0.816. The minimum absolute atomic E-state index is 0.187. The summed E-state index contributed by atoms with van der Waals surface area (Å²) in [7, 11) is 0. The van der Waals surface area contributed by atoms with Crippen LogP contribution in [0.1, 0.15) is 16.8 Å². The molecule has 5 heteroatoms. The van der Waals surface area contributed by atoms with Gasteiger partial charge < -0.3 is 5.32 Å². The monoisotopic (exact) mass is 276 g/mol. The fourth-order valence-corrected chi connectivity index (χ4v) is 1.91. The van der Waals surface area contributed by atoms with Gasteiger partial charge in [0, 0.05) is 0 Å². The molecule has 1 aliphatic rings. The Balaban J connectivity index is 1.94. The van der Waals surface area contributed by atoms with Crippen molar-refractivity contribution in [3.8, 4) is 0 Å². The van der Waals surface area contributed by atoms with E-state index in [1.807, 2.05) is 24.3 Å². The maximum absolute atomic E-state index is 11.8. The van der Waals surface area contributed by atoms with Crippen molar-refractivity contribution >= 4 is 23.5 Å². The molecule has 1 aliphatic carbocycles. The molecule has 4 nitrogen and oxygen atoms in total. The summed E-state index contributed by atoms with van der Waals surface area (Å²) >= 11 is 5.88. The summed E-state index contributed by atoms with van der Waals surface area (Å²) in [6, 6.07) is 5.83. The van der Waals surface area contributed by atoms with E-state index in [9.17, 15) is 9.59 Å². The molecule has 0 aromatic heterocycles. The molecule has 98 valence electrons. The van der Waals surface area contributed by atoms with Crippen molar-refractivity contribution in [2.75, 3.05) is 0 Å². The minimum atomic E-state index is -0.550. The predicted octanol–water partition coefficient (Wildman–Crippen LogP) is 2.66. The first-order chi connectivity index (χ1) is 9.16. The van der Waals surface area contributed by atoms with Crippen molar-refractivity contribution in [3.63, 3.8) is 0 Å². The molecule has 0 saturated carbocycles. The molecule has 1 aromatic rings. The van der Waals surface area contributed by atoms with Crippen LogP contribution < -0.4 is 10.6 Å². The van der Waals surface area contributed by atoms with Crippen LogP contribution in [0.5, 0.6) is 0 Å². The number of benzene rings is 1. The largest absolute Gasteiger partial charge is 0.328 e. The Bertz CT molecular complexity index is 540. The third-order valence-corrected chi connectivity index (χ3v) is 2.93. The zero-order chi connectivity index (χ0) is 13.7. The van der Waals surface area contributed by atoms with Crippen LogP contribution in [0.4, 0.5) is 4.79 Å². The summed E-state index contributed by atoms with van der Waals surface area (Å²) in [6.45, 7) is 0. The molecule has 0 saturated heterocycles. The second-order valence-corrected chi connectivity index (χ2v) is 4.43. The van der Waals surface area contributed by atoms with Gasteiger partial charge in [0.05, 0.1) is 16.6 Å². The van der Waals surface area contributed by atoms with Crippen molar-refractivity contribution in [1.82, 2.24) is 10.6 Å². The number of halogens is 1. The molecule has 2 rings (SSSR count). The number of hydrogen-bond acceptors (Lipinski definition) is 2. The van der Waals surface area contributed by atoms with E-state index in [1.54, 1.807) is 24.3 Å². The van der Waals surface area contributed by atoms with Crippen LogP contribution in [0, 0.1) is 0 Å². The molecular weight excluding hydrogens is 264 g/mol.